The van der Waals surface area contributed by atoms with Crippen molar-refractivity contribution < 1.29 is 9.47 Å². The van der Waals surface area contributed by atoms with Crippen LogP contribution < -0.4 is 0 Å². The highest BCUT2D eigenvalue weighted by Crippen LogP contribution is 2.33. The van der Waals surface area contributed by atoms with Crippen molar-refractivity contribution in [3.8, 4) is 0 Å². The van der Waals surface area contributed by atoms with E-state index in [1.165, 1.54) is 11.1 Å². The second-order valence-corrected chi connectivity index (χ2v) is 6.43. The van der Waals surface area contributed by atoms with Gasteiger partial charge in [0.25, 0.3) is 0 Å². The molecule has 1 aromatic carbocycles. The van der Waals surface area contributed by atoms with Crippen LogP contribution in [-0.2, 0) is 15.9 Å². The van der Waals surface area contributed by atoms with Gasteiger partial charge >= 0.3 is 0 Å². The van der Waals surface area contributed by atoms with Gasteiger partial charge in [-0.1, -0.05) is 34.1 Å². The van der Waals surface area contributed by atoms with Crippen molar-refractivity contribution in [3.05, 3.63) is 64.4 Å². The number of benzene rings is 1. The van der Waals surface area contributed by atoms with Crippen molar-refractivity contribution in [3.63, 3.8) is 0 Å². The molecule has 1 aromatic heterocycles. The molecular formula is C18H20BrNO2. The minimum atomic E-state index is -0.0671. The molecule has 0 amide bonds. The first kappa shape index (κ1) is 15.7. The van der Waals surface area contributed by atoms with E-state index in [4.69, 9.17) is 9.47 Å². The lowest BCUT2D eigenvalue weighted by atomic mass is 10.1. The van der Waals surface area contributed by atoms with Gasteiger partial charge in [-0.05, 0) is 48.6 Å². The third-order valence-corrected chi connectivity index (χ3v) is 4.39. The molecular weight excluding hydrogens is 342 g/mol. The Morgan fingerprint density at radius 1 is 1.18 bits per heavy atom. The molecule has 3 rings (SSSR count). The summed E-state index contributed by atoms with van der Waals surface area (Å²) in [7, 11) is 0. The number of ether oxygens (including phenoxy) is 2. The minimum Gasteiger partial charge on any atom is -0.353 e. The zero-order chi connectivity index (χ0) is 15.2. The molecule has 116 valence electrons. The van der Waals surface area contributed by atoms with Crippen LogP contribution in [0.4, 0.5) is 0 Å². The fourth-order valence-electron chi connectivity index (χ4n) is 2.69. The summed E-state index contributed by atoms with van der Waals surface area (Å²) < 4.78 is 12.9. The van der Waals surface area contributed by atoms with Crippen LogP contribution in [0.25, 0.3) is 0 Å². The lowest BCUT2D eigenvalue weighted by Gasteiger charge is -2.14. The Morgan fingerprint density at radius 2 is 2.05 bits per heavy atom. The van der Waals surface area contributed by atoms with Gasteiger partial charge < -0.3 is 9.47 Å². The summed E-state index contributed by atoms with van der Waals surface area (Å²) in [5.41, 5.74) is 2.48. The van der Waals surface area contributed by atoms with Gasteiger partial charge in [0.05, 0.1) is 12.7 Å². The number of rotatable bonds is 6. The number of pyridine rings is 1. The van der Waals surface area contributed by atoms with E-state index in [-0.39, 0.29) is 12.4 Å². The molecule has 1 aliphatic heterocycles. The maximum atomic E-state index is 5.99. The average molecular weight is 362 g/mol. The zero-order valence-corrected chi connectivity index (χ0v) is 14.0. The summed E-state index contributed by atoms with van der Waals surface area (Å²) in [5, 5.41) is 0. The Bertz CT molecular complexity index is 573. The van der Waals surface area contributed by atoms with E-state index >= 15 is 0 Å². The number of aryl methyl sites for hydroxylation is 1. The van der Waals surface area contributed by atoms with Crippen LogP contribution in [-0.4, -0.2) is 17.9 Å². The summed E-state index contributed by atoms with van der Waals surface area (Å²) in [4.78, 5) is 4.12. The second-order valence-electron chi connectivity index (χ2n) is 5.52. The lowest BCUT2D eigenvalue weighted by Crippen LogP contribution is -2.12. The summed E-state index contributed by atoms with van der Waals surface area (Å²) in [5.74, 6) is 0. The Labute approximate surface area is 139 Å². The first-order valence-electron chi connectivity index (χ1n) is 7.73. The molecule has 2 atom stereocenters. The third-order valence-electron chi connectivity index (χ3n) is 3.86. The molecule has 2 aromatic rings. The van der Waals surface area contributed by atoms with Gasteiger partial charge in [-0.2, -0.15) is 0 Å². The molecule has 2 heterocycles. The first-order valence-corrected chi connectivity index (χ1v) is 8.52. The number of halogens is 1. The molecule has 0 bridgehead atoms. The highest BCUT2D eigenvalue weighted by Gasteiger charge is 2.26. The molecule has 0 spiro atoms. The van der Waals surface area contributed by atoms with Crippen LogP contribution >= 0.6 is 15.9 Å². The number of hydrogen-bond acceptors (Lipinski definition) is 3. The standard InChI is InChI=1S/C18H20BrNO2/c19-16-7-5-15(6-8-16)17-9-10-18(22-17)21-12-2-4-14-3-1-11-20-13-14/h1,3,5-8,11,13,17-18H,2,4,9-10,12H2/t17-,18-/m0/s1. The molecule has 0 saturated carbocycles. The summed E-state index contributed by atoms with van der Waals surface area (Å²) in [6.07, 6.45) is 7.79. The van der Waals surface area contributed by atoms with E-state index < -0.39 is 0 Å². The van der Waals surface area contributed by atoms with Gasteiger partial charge in [0, 0.05) is 23.3 Å². The predicted molar refractivity (Wildman–Crippen MR) is 89.5 cm³/mol. The van der Waals surface area contributed by atoms with Crippen molar-refractivity contribution in [2.24, 2.45) is 0 Å². The fraction of sp³-hybridized carbons (Fsp3) is 0.389. The van der Waals surface area contributed by atoms with Crippen molar-refractivity contribution in [1.29, 1.82) is 0 Å². The monoisotopic (exact) mass is 361 g/mol. The van der Waals surface area contributed by atoms with Gasteiger partial charge in [-0.3, -0.25) is 4.98 Å². The molecule has 1 fully saturated rings. The van der Waals surface area contributed by atoms with E-state index in [0.717, 1.165) is 36.8 Å². The van der Waals surface area contributed by atoms with Gasteiger partial charge in [0.1, 0.15) is 0 Å². The molecule has 0 N–H and O–H groups in total. The molecule has 0 unspecified atom stereocenters. The van der Waals surface area contributed by atoms with Crippen molar-refractivity contribution in [2.75, 3.05) is 6.61 Å². The maximum absolute atomic E-state index is 5.99. The van der Waals surface area contributed by atoms with Crippen molar-refractivity contribution in [2.45, 2.75) is 38.1 Å². The smallest absolute Gasteiger partial charge is 0.158 e. The van der Waals surface area contributed by atoms with Gasteiger partial charge in [-0.15, -0.1) is 0 Å². The number of hydrogen-bond donors (Lipinski definition) is 0. The molecule has 1 aliphatic rings. The Balaban J connectivity index is 1.39. The van der Waals surface area contributed by atoms with Crippen LogP contribution in [0.15, 0.2) is 53.3 Å². The Morgan fingerprint density at radius 3 is 2.82 bits per heavy atom. The fourth-order valence-corrected chi connectivity index (χ4v) is 2.95. The molecule has 0 aliphatic carbocycles. The largest absolute Gasteiger partial charge is 0.353 e. The Kier molecular flexibility index (Phi) is 5.59. The van der Waals surface area contributed by atoms with Crippen molar-refractivity contribution >= 4 is 15.9 Å². The molecule has 1 saturated heterocycles. The number of aromatic nitrogens is 1. The highest BCUT2D eigenvalue weighted by molar-refractivity contribution is 9.10. The number of nitrogens with zero attached hydrogens (tertiary/aromatic N) is 1. The molecule has 3 nitrogen and oxygen atoms in total. The van der Waals surface area contributed by atoms with Gasteiger partial charge in [0.15, 0.2) is 6.29 Å². The van der Waals surface area contributed by atoms with E-state index in [1.54, 1.807) is 6.20 Å². The molecule has 22 heavy (non-hydrogen) atoms. The maximum Gasteiger partial charge on any atom is 0.158 e. The van der Waals surface area contributed by atoms with E-state index in [0.29, 0.717) is 0 Å². The average Bonchev–Trinajstić information content (AvgIpc) is 3.02. The van der Waals surface area contributed by atoms with Crippen molar-refractivity contribution in [1.82, 2.24) is 4.98 Å². The summed E-state index contributed by atoms with van der Waals surface area (Å²) in [6, 6.07) is 12.4. The topological polar surface area (TPSA) is 31.4 Å². The highest BCUT2D eigenvalue weighted by atomic mass is 79.9. The zero-order valence-electron chi connectivity index (χ0n) is 12.5. The minimum absolute atomic E-state index is 0.0671. The van der Waals surface area contributed by atoms with E-state index in [2.05, 4.69) is 51.2 Å². The quantitative estimate of drug-likeness (QED) is 0.700. The molecule has 0 radical (unpaired) electrons. The van der Waals surface area contributed by atoms with Gasteiger partial charge in [0.2, 0.25) is 0 Å². The van der Waals surface area contributed by atoms with Crippen LogP contribution in [0, 0.1) is 0 Å². The van der Waals surface area contributed by atoms with Crippen LogP contribution in [0.3, 0.4) is 0 Å². The molecule has 4 heteroatoms. The summed E-state index contributed by atoms with van der Waals surface area (Å²) in [6.45, 7) is 0.729. The Hall–Kier alpha value is -1.23. The SMILES string of the molecule is Brc1ccc([C@@H]2CC[C@@H](OCCCc3cccnc3)O2)cc1. The third kappa shape index (κ3) is 4.38. The van der Waals surface area contributed by atoms with Gasteiger partial charge in [-0.25, -0.2) is 0 Å². The first-order chi connectivity index (χ1) is 10.8. The van der Waals surface area contributed by atoms with Crippen LogP contribution in [0.2, 0.25) is 0 Å². The van der Waals surface area contributed by atoms with E-state index in [1.807, 2.05) is 12.3 Å². The normalized spacial score (nSPS) is 21.1. The van der Waals surface area contributed by atoms with Crippen LogP contribution in [0.5, 0.6) is 0 Å². The predicted octanol–water partition coefficient (Wildman–Crippen LogP) is 4.67. The second kappa shape index (κ2) is 7.86. The summed E-state index contributed by atoms with van der Waals surface area (Å²) >= 11 is 3.46. The van der Waals surface area contributed by atoms with Crippen LogP contribution in [0.1, 0.15) is 36.5 Å². The van der Waals surface area contributed by atoms with E-state index in [9.17, 15) is 0 Å². The lowest BCUT2D eigenvalue weighted by molar-refractivity contribution is -0.135.